The zero-order chi connectivity index (χ0) is 51.0. The third-order valence-electron chi connectivity index (χ3n) is 14.5. The van der Waals surface area contributed by atoms with Crippen molar-refractivity contribution in [3.05, 3.63) is 12.2 Å². The number of hydrogen-bond acceptors (Lipinski definition) is 13. The van der Waals surface area contributed by atoms with Gasteiger partial charge in [-0.1, -0.05) is 231 Å². The molecule has 14 heteroatoms. The van der Waals surface area contributed by atoms with Crippen LogP contribution in [0.3, 0.4) is 0 Å². The van der Waals surface area contributed by atoms with Crippen molar-refractivity contribution in [1.29, 1.82) is 0 Å². The Morgan fingerprint density at radius 2 is 0.886 bits per heavy atom. The van der Waals surface area contributed by atoms with E-state index in [4.69, 9.17) is 18.9 Å². The molecule has 414 valence electrons. The van der Waals surface area contributed by atoms with Crippen molar-refractivity contribution < 1.29 is 64.6 Å². The normalized spacial score (nSPS) is 26.0. The number of hydrogen-bond donors (Lipinski definition) is 9. The molecule has 2 aliphatic rings. The fourth-order valence-electron chi connectivity index (χ4n) is 9.76. The number of rotatable bonds is 46. The average Bonchev–Trinajstić information content (AvgIpc) is 3.36. The lowest BCUT2D eigenvalue weighted by atomic mass is 9.97. The Morgan fingerprint density at radius 1 is 0.500 bits per heavy atom. The van der Waals surface area contributed by atoms with Crippen LogP contribution in [-0.4, -0.2) is 140 Å². The van der Waals surface area contributed by atoms with Crippen molar-refractivity contribution >= 4 is 5.91 Å². The van der Waals surface area contributed by atoms with Crippen molar-refractivity contribution in [2.24, 2.45) is 0 Å². The Hall–Kier alpha value is -1.27. The molecule has 0 spiro atoms. The van der Waals surface area contributed by atoms with Gasteiger partial charge in [0.1, 0.15) is 48.8 Å². The number of unbranched alkanes of at least 4 members (excludes halogenated alkanes) is 33. The zero-order valence-corrected chi connectivity index (χ0v) is 44.3. The number of carbonyl (C=O) groups is 1. The Bertz CT molecular complexity index is 1230. The van der Waals surface area contributed by atoms with E-state index in [-0.39, 0.29) is 18.9 Å². The van der Waals surface area contributed by atoms with Gasteiger partial charge in [0, 0.05) is 6.42 Å². The summed E-state index contributed by atoms with van der Waals surface area (Å²) in [5.41, 5.74) is 0. The number of allylic oxidation sites excluding steroid dienone is 1. The molecular weight excluding hydrogens is 895 g/mol. The average molecular weight is 1000 g/mol. The van der Waals surface area contributed by atoms with Gasteiger partial charge in [-0.15, -0.1) is 0 Å². The second-order valence-electron chi connectivity index (χ2n) is 20.8. The quantitative estimate of drug-likeness (QED) is 0.0205. The second-order valence-corrected chi connectivity index (χ2v) is 20.8. The van der Waals surface area contributed by atoms with Gasteiger partial charge in [0.25, 0.3) is 0 Å². The molecule has 14 nitrogen and oxygen atoms in total. The van der Waals surface area contributed by atoms with Crippen molar-refractivity contribution in [2.45, 2.75) is 319 Å². The van der Waals surface area contributed by atoms with Crippen LogP contribution in [0.4, 0.5) is 0 Å². The highest BCUT2D eigenvalue weighted by Gasteiger charge is 2.51. The molecule has 12 atom stereocenters. The van der Waals surface area contributed by atoms with E-state index in [1.54, 1.807) is 6.08 Å². The summed E-state index contributed by atoms with van der Waals surface area (Å²) in [4.78, 5) is 13.2. The molecule has 2 heterocycles. The summed E-state index contributed by atoms with van der Waals surface area (Å²) in [5, 5.41) is 87.0. The Balaban J connectivity index is 1.78. The molecule has 0 aliphatic carbocycles. The topological polar surface area (TPSA) is 228 Å². The molecule has 0 aromatic carbocycles. The van der Waals surface area contributed by atoms with Gasteiger partial charge >= 0.3 is 0 Å². The van der Waals surface area contributed by atoms with Crippen LogP contribution in [0.25, 0.3) is 0 Å². The van der Waals surface area contributed by atoms with Crippen molar-refractivity contribution in [3.8, 4) is 0 Å². The van der Waals surface area contributed by atoms with Crippen LogP contribution in [-0.2, 0) is 23.7 Å². The molecule has 2 aliphatic heterocycles. The van der Waals surface area contributed by atoms with E-state index in [2.05, 4.69) is 19.2 Å². The molecule has 70 heavy (non-hydrogen) atoms. The van der Waals surface area contributed by atoms with Crippen LogP contribution in [0.2, 0.25) is 0 Å². The van der Waals surface area contributed by atoms with Crippen LogP contribution in [0, 0.1) is 0 Å². The summed E-state index contributed by atoms with van der Waals surface area (Å²) in [6, 6.07) is -0.909. The van der Waals surface area contributed by atoms with E-state index in [0.717, 1.165) is 38.5 Å². The molecule has 2 fully saturated rings. The Kier molecular flexibility index (Phi) is 39.9. The summed E-state index contributed by atoms with van der Waals surface area (Å²) in [5.74, 6) is -0.234. The Morgan fingerprint density at radius 3 is 1.31 bits per heavy atom. The monoisotopic (exact) mass is 1000 g/mol. The van der Waals surface area contributed by atoms with Crippen LogP contribution in [0.1, 0.15) is 245 Å². The van der Waals surface area contributed by atoms with Gasteiger partial charge in [-0.3, -0.25) is 4.79 Å². The van der Waals surface area contributed by atoms with Gasteiger partial charge in [-0.25, -0.2) is 0 Å². The number of amides is 1. The van der Waals surface area contributed by atoms with E-state index in [0.29, 0.717) is 6.42 Å². The predicted molar refractivity (Wildman–Crippen MR) is 277 cm³/mol. The highest BCUT2D eigenvalue weighted by Crippen LogP contribution is 2.30. The molecule has 2 rings (SSSR count). The van der Waals surface area contributed by atoms with Gasteiger partial charge in [-0.2, -0.15) is 0 Å². The fourth-order valence-corrected chi connectivity index (χ4v) is 9.76. The molecule has 9 N–H and O–H groups in total. The van der Waals surface area contributed by atoms with Crippen LogP contribution >= 0.6 is 0 Å². The van der Waals surface area contributed by atoms with Gasteiger partial charge < -0.3 is 65.1 Å². The summed E-state index contributed by atoms with van der Waals surface area (Å²) in [6.07, 6.45) is 31.0. The summed E-state index contributed by atoms with van der Waals surface area (Å²) in [7, 11) is 0. The van der Waals surface area contributed by atoms with Gasteiger partial charge in [-0.05, 0) is 19.3 Å². The van der Waals surface area contributed by atoms with Crippen LogP contribution in [0.5, 0.6) is 0 Å². The first-order chi connectivity index (χ1) is 34.1. The first kappa shape index (κ1) is 64.8. The Labute approximate surface area is 425 Å². The third kappa shape index (κ3) is 29.0. The first-order valence-corrected chi connectivity index (χ1v) is 28.9. The minimum atomic E-state index is -1.78. The lowest BCUT2D eigenvalue weighted by Crippen LogP contribution is -2.65. The van der Waals surface area contributed by atoms with Crippen molar-refractivity contribution in [3.63, 3.8) is 0 Å². The van der Waals surface area contributed by atoms with E-state index < -0.39 is 86.8 Å². The number of ether oxygens (including phenoxy) is 4. The van der Waals surface area contributed by atoms with Crippen LogP contribution < -0.4 is 5.32 Å². The SMILES string of the molecule is CCCCCCCCCCCCCCCC/C=C/[C@@H](O)[C@H](CO[C@@H]1O[C@H](CO)[C@@H](O[C@@H]2O[C@H](CO)[C@H](O)C(O)C2O)C(O)C1O)NC(=O)CCCCCCCCCCCCCCCCCCCCCC. The van der Waals surface area contributed by atoms with Crippen LogP contribution in [0.15, 0.2) is 12.2 Å². The van der Waals surface area contributed by atoms with E-state index >= 15 is 0 Å². The number of aliphatic hydroxyl groups excluding tert-OH is 8. The smallest absolute Gasteiger partial charge is 0.220 e. The van der Waals surface area contributed by atoms with Gasteiger partial charge in [0.2, 0.25) is 5.91 Å². The fraction of sp³-hybridized carbons (Fsp3) is 0.946. The molecule has 4 unspecified atom stereocenters. The van der Waals surface area contributed by atoms with Crippen molar-refractivity contribution in [2.75, 3.05) is 19.8 Å². The predicted octanol–water partition coefficient (Wildman–Crippen LogP) is 9.11. The summed E-state index contributed by atoms with van der Waals surface area (Å²) < 4.78 is 22.8. The van der Waals surface area contributed by atoms with E-state index in [1.165, 1.54) is 180 Å². The summed E-state index contributed by atoms with van der Waals surface area (Å²) >= 11 is 0. The zero-order valence-electron chi connectivity index (χ0n) is 44.3. The van der Waals surface area contributed by atoms with E-state index in [1.807, 2.05) is 6.08 Å². The minimum Gasteiger partial charge on any atom is -0.394 e. The van der Waals surface area contributed by atoms with Crippen molar-refractivity contribution in [1.82, 2.24) is 5.32 Å². The minimum absolute atomic E-state index is 0.234. The highest BCUT2D eigenvalue weighted by atomic mass is 16.7. The van der Waals surface area contributed by atoms with Gasteiger partial charge in [0.15, 0.2) is 12.6 Å². The lowest BCUT2D eigenvalue weighted by Gasteiger charge is -2.46. The molecule has 0 bridgehead atoms. The first-order valence-electron chi connectivity index (χ1n) is 28.9. The maximum Gasteiger partial charge on any atom is 0.220 e. The molecular formula is C56H107NO13. The molecule has 0 saturated carbocycles. The largest absolute Gasteiger partial charge is 0.394 e. The maximum absolute atomic E-state index is 13.2. The molecule has 1 amide bonds. The van der Waals surface area contributed by atoms with Gasteiger partial charge in [0.05, 0.1) is 32.0 Å². The second kappa shape index (κ2) is 43.0. The number of nitrogens with one attached hydrogen (secondary N) is 1. The standard InChI is InChI=1S/C56H107NO13/c1-3-5-7-9-11-13-15-17-19-21-22-23-24-26-28-30-32-34-36-38-40-48(61)57-44(45(60)39-37-35-33-31-29-27-25-20-18-16-14-12-10-8-6-4-2)43-67-55-53(66)51(64)54(47(42-59)69-55)70-56-52(65)50(63)49(62)46(41-58)68-56/h37,39,44-47,49-56,58-60,62-66H,3-36,38,40-43H2,1-2H3,(H,57,61)/b39-37+/t44-,45+,46+,47+,49-,50?,51?,52?,53?,54+,55+,56-/m0/s1. The lowest BCUT2D eigenvalue weighted by molar-refractivity contribution is -0.359. The number of carbonyl (C=O) groups excluding carboxylic acids is 1. The highest BCUT2D eigenvalue weighted by molar-refractivity contribution is 5.76. The molecule has 2 saturated heterocycles. The van der Waals surface area contributed by atoms with E-state index in [9.17, 15) is 45.6 Å². The molecule has 0 radical (unpaired) electrons. The third-order valence-corrected chi connectivity index (χ3v) is 14.5. The summed E-state index contributed by atoms with van der Waals surface area (Å²) in [6.45, 7) is 2.82. The maximum atomic E-state index is 13.2. The molecule has 0 aromatic rings. The molecule has 0 aromatic heterocycles. The number of aliphatic hydroxyl groups is 8.